The van der Waals surface area contributed by atoms with Crippen LogP contribution in [0.15, 0.2) is 65.3 Å². The van der Waals surface area contributed by atoms with Crippen LogP contribution in [0.5, 0.6) is 0 Å². The average molecular weight is 338 g/mol. The highest BCUT2D eigenvalue weighted by Gasteiger charge is 2.21. The quantitative estimate of drug-likeness (QED) is 0.611. The molecule has 1 saturated heterocycles. The third-order valence-corrected chi connectivity index (χ3v) is 4.54. The van der Waals surface area contributed by atoms with Crippen molar-refractivity contribution in [2.45, 2.75) is 38.7 Å². The molecule has 2 aliphatic rings. The molecule has 1 fully saturated rings. The molecule has 1 aromatic carbocycles. The molecule has 1 atom stereocenters. The summed E-state index contributed by atoms with van der Waals surface area (Å²) in [5.41, 5.74) is 3.52. The molecule has 4 heteroatoms. The van der Waals surface area contributed by atoms with Crippen molar-refractivity contribution in [1.82, 2.24) is 0 Å². The van der Waals surface area contributed by atoms with Crippen molar-refractivity contribution >= 4 is 11.9 Å². The number of rotatable bonds is 4. The van der Waals surface area contributed by atoms with Crippen LogP contribution in [-0.4, -0.2) is 24.6 Å². The third kappa shape index (κ3) is 4.47. The standard InChI is InChI=1S/C21H22O4/c1-15(19-13-14-24-21(19)23)7-8-16-9-11-18(12-10-16)25-20(22)17-5-3-2-4-6-17/h2-9,18H,10-14H2,1H3/b8-7-,19-15-. The monoisotopic (exact) mass is 338 g/mol. The van der Waals surface area contributed by atoms with Gasteiger partial charge in [-0.05, 0) is 37.5 Å². The number of cyclic esters (lactones) is 1. The zero-order chi connectivity index (χ0) is 17.6. The molecule has 1 heterocycles. The summed E-state index contributed by atoms with van der Waals surface area (Å²) in [6, 6.07) is 9.06. The van der Waals surface area contributed by atoms with Crippen molar-refractivity contribution < 1.29 is 19.1 Å². The molecule has 1 aliphatic heterocycles. The van der Waals surface area contributed by atoms with Crippen LogP contribution in [0.4, 0.5) is 0 Å². The van der Waals surface area contributed by atoms with E-state index in [-0.39, 0.29) is 18.0 Å². The summed E-state index contributed by atoms with van der Waals surface area (Å²) in [6.45, 7) is 2.42. The largest absolute Gasteiger partial charge is 0.462 e. The van der Waals surface area contributed by atoms with Crippen molar-refractivity contribution in [1.29, 1.82) is 0 Å². The fraction of sp³-hybridized carbons (Fsp3) is 0.333. The third-order valence-electron chi connectivity index (χ3n) is 4.54. The SMILES string of the molecule is CC(/C=C\C1=CCC(OC(=O)c2ccccc2)CC1)=C1\CCOC1=O. The highest BCUT2D eigenvalue weighted by Crippen LogP contribution is 2.24. The van der Waals surface area contributed by atoms with Gasteiger partial charge >= 0.3 is 11.9 Å². The lowest BCUT2D eigenvalue weighted by atomic mass is 9.96. The average Bonchev–Trinajstić information content (AvgIpc) is 3.07. The van der Waals surface area contributed by atoms with Gasteiger partial charge in [0.15, 0.2) is 0 Å². The summed E-state index contributed by atoms with van der Waals surface area (Å²) in [5, 5.41) is 0. The van der Waals surface area contributed by atoms with Gasteiger partial charge in [-0.25, -0.2) is 9.59 Å². The Labute approximate surface area is 147 Å². The minimum atomic E-state index is -0.265. The molecule has 1 aliphatic carbocycles. The van der Waals surface area contributed by atoms with E-state index in [1.54, 1.807) is 12.1 Å². The summed E-state index contributed by atoms with van der Waals surface area (Å²) in [4.78, 5) is 23.6. The molecule has 0 radical (unpaired) electrons. The highest BCUT2D eigenvalue weighted by atomic mass is 16.5. The van der Waals surface area contributed by atoms with Crippen LogP contribution < -0.4 is 0 Å². The Morgan fingerprint density at radius 3 is 2.68 bits per heavy atom. The first-order valence-electron chi connectivity index (χ1n) is 8.63. The van der Waals surface area contributed by atoms with Crippen molar-refractivity contribution in [3.63, 3.8) is 0 Å². The zero-order valence-corrected chi connectivity index (χ0v) is 14.4. The van der Waals surface area contributed by atoms with Crippen LogP contribution in [0, 0.1) is 0 Å². The number of benzene rings is 1. The van der Waals surface area contributed by atoms with Crippen LogP contribution in [-0.2, 0) is 14.3 Å². The lowest BCUT2D eigenvalue weighted by Gasteiger charge is -2.21. The van der Waals surface area contributed by atoms with E-state index in [0.717, 1.165) is 30.4 Å². The molecule has 25 heavy (non-hydrogen) atoms. The summed E-state index contributed by atoms with van der Waals surface area (Å²) in [5.74, 6) is -0.467. The molecule has 1 unspecified atom stereocenters. The second-order valence-corrected chi connectivity index (χ2v) is 6.33. The molecular weight excluding hydrogens is 316 g/mol. The van der Waals surface area contributed by atoms with Crippen LogP contribution >= 0.6 is 0 Å². The van der Waals surface area contributed by atoms with Gasteiger partial charge in [-0.2, -0.15) is 0 Å². The van der Waals surface area contributed by atoms with Crippen LogP contribution in [0.3, 0.4) is 0 Å². The van der Waals surface area contributed by atoms with E-state index in [2.05, 4.69) is 6.08 Å². The molecule has 1 aromatic rings. The summed E-state index contributed by atoms with van der Waals surface area (Å²) in [7, 11) is 0. The molecule has 0 bridgehead atoms. The maximum Gasteiger partial charge on any atom is 0.338 e. The Balaban J connectivity index is 1.55. The number of hydrogen-bond acceptors (Lipinski definition) is 4. The number of carbonyl (C=O) groups excluding carboxylic acids is 2. The fourth-order valence-corrected chi connectivity index (χ4v) is 3.01. The zero-order valence-electron chi connectivity index (χ0n) is 14.4. The van der Waals surface area contributed by atoms with Crippen LogP contribution in [0.1, 0.15) is 43.0 Å². The van der Waals surface area contributed by atoms with Gasteiger partial charge in [0.2, 0.25) is 0 Å². The number of esters is 2. The predicted octanol–water partition coefficient (Wildman–Crippen LogP) is 4.14. The first-order chi connectivity index (χ1) is 12.1. The lowest BCUT2D eigenvalue weighted by molar-refractivity contribution is -0.135. The van der Waals surface area contributed by atoms with Gasteiger partial charge in [-0.1, -0.05) is 42.0 Å². The van der Waals surface area contributed by atoms with E-state index in [1.165, 1.54) is 5.57 Å². The van der Waals surface area contributed by atoms with E-state index in [1.807, 2.05) is 37.3 Å². The minimum absolute atomic E-state index is 0.0749. The predicted molar refractivity (Wildman–Crippen MR) is 95.0 cm³/mol. The van der Waals surface area contributed by atoms with Crippen molar-refractivity contribution in [3.05, 3.63) is 70.8 Å². The number of ether oxygens (including phenoxy) is 2. The maximum atomic E-state index is 12.1. The Morgan fingerprint density at radius 2 is 2.04 bits per heavy atom. The first-order valence-corrected chi connectivity index (χ1v) is 8.63. The van der Waals surface area contributed by atoms with Crippen molar-refractivity contribution in [3.8, 4) is 0 Å². The van der Waals surface area contributed by atoms with Gasteiger partial charge < -0.3 is 9.47 Å². The van der Waals surface area contributed by atoms with Crippen LogP contribution in [0.2, 0.25) is 0 Å². The number of allylic oxidation sites excluding steroid dienone is 4. The molecule has 4 nitrogen and oxygen atoms in total. The molecule has 0 saturated carbocycles. The lowest BCUT2D eigenvalue weighted by Crippen LogP contribution is -2.20. The van der Waals surface area contributed by atoms with Gasteiger partial charge in [-0.3, -0.25) is 0 Å². The highest BCUT2D eigenvalue weighted by molar-refractivity contribution is 5.91. The molecule has 0 N–H and O–H groups in total. The van der Waals surface area contributed by atoms with E-state index in [4.69, 9.17) is 9.47 Å². The Bertz CT molecular complexity index is 740. The summed E-state index contributed by atoms with van der Waals surface area (Å²) in [6.07, 6.45) is 9.12. The normalized spacial score (nSPS) is 22.5. The van der Waals surface area contributed by atoms with Crippen molar-refractivity contribution in [2.75, 3.05) is 6.61 Å². The first kappa shape index (κ1) is 17.2. The molecule has 0 spiro atoms. The summed E-state index contributed by atoms with van der Waals surface area (Å²) >= 11 is 0. The van der Waals surface area contributed by atoms with Crippen molar-refractivity contribution in [2.24, 2.45) is 0 Å². The van der Waals surface area contributed by atoms with Gasteiger partial charge in [0.05, 0.1) is 12.2 Å². The molecular formula is C21H22O4. The van der Waals surface area contributed by atoms with Gasteiger partial charge in [0.25, 0.3) is 0 Å². The second kappa shape index (κ2) is 7.97. The van der Waals surface area contributed by atoms with Gasteiger partial charge in [0, 0.05) is 18.4 Å². The second-order valence-electron chi connectivity index (χ2n) is 6.33. The summed E-state index contributed by atoms with van der Waals surface area (Å²) < 4.78 is 10.5. The molecule has 0 amide bonds. The Hall–Kier alpha value is -2.62. The van der Waals surface area contributed by atoms with E-state index < -0.39 is 0 Å². The molecule has 0 aromatic heterocycles. The van der Waals surface area contributed by atoms with E-state index in [9.17, 15) is 9.59 Å². The smallest absolute Gasteiger partial charge is 0.338 e. The minimum Gasteiger partial charge on any atom is -0.462 e. The van der Waals surface area contributed by atoms with Crippen LogP contribution in [0.25, 0.3) is 0 Å². The topological polar surface area (TPSA) is 52.6 Å². The number of carbonyl (C=O) groups is 2. The van der Waals surface area contributed by atoms with E-state index in [0.29, 0.717) is 18.6 Å². The molecule has 3 rings (SSSR count). The maximum absolute atomic E-state index is 12.1. The van der Waals surface area contributed by atoms with Gasteiger partial charge in [0.1, 0.15) is 6.10 Å². The van der Waals surface area contributed by atoms with Gasteiger partial charge in [-0.15, -0.1) is 0 Å². The molecule has 130 valence electrons. The Kier molecular flexibility index (Phi) is 5.49. The van der Waals surface area contributed by atoms with E-state index >= 15 is 0 Å². The number of hydrogen-bond donors (Lipinski definition) is 0. The fourth-order valence-electron chi connectivity index (χ4n) is 3.01. The Morgan fingerprint density at radius 1 is 1.24 bits per heavy atom.